The van der Waals surface area contributed by atoms with Crippen molar-refractivity contribution in [3.05, 3.63) is 12.2 Å². The fraction of sp³-hybridized carbons (Fsp3) is 0.889. The first kappa shape index (κ1) is 38.7. The third-order valence-corrected chi connectivity index (χ3v) is 8.54. The fourth-order valence-electron chi connectivity index (χ4n) is 5.96. The van der Waals surface area contributed by atoms with Crippen molar-refractivity contribution in [2.24, 2.45) is 11.8 Å². The molecule has 4 heteroatoms. The van der Waals surface area contributed by atoms with E-state index in [2.05, 4.69) is 26.0 Å². The molecule has 0 aromatic rings. The van der Waals surface area contributed by atoms with Gasteiger partial charge in [-0.05, 0) is 56.8 Å². The van der Waals surface area contributed by atoms with Gasteiger partial charge in [-0.2, -0.15) is 0 Å². The maximum absolute atomic E-state index is 10.7. The molecule has 0 aliphatic heterocycles. The molecule has 2 unspecified atom stereocenters. The molecular formula is C36H68O4. The maximum Gasteiger partial charge on any atom is 0.303 e. The van der Waals surface area contributed by atoms with Gasteiger partial charge in [0.05, 0.1) is 0 Å². The van der Waals surface area contributed by atoms with Crippen molar-refractivity contribution < 1.29 is 19.8 Å². The van der Waals surface area contributed by atoms with E-state index in [0.29, 0.717) is 12.8 Å². The van der Waals surface area contributed by atoms with Gasteiger partial charge in [0.15, 0.2) is 0 Å². The number of carboxylic acids is 2. The van der Waals surface area contributed by atoms with E-state index in [9.17, 15) is 9.59 Å². The van der Waals surface area contributed by atoms with Crippen LogP contribution in [0, 0.1) is 11.8 Å². The summed E-state index contributed by atoms with van der Waals surface area (Å²) in [5.74, 6) is 0.227. The highest BCUT2D eigenvalue weighted by Crippen LogP contribution is 2.31. The predicted octanol–water partition coefficient (Wildman–Crippen LogP) is 11.9. The molecule has 0 aromatic carbocycles. The van der Waals surface area contributed by atoms with E-state index in [1.54, 1.807) is 0 Å². The molecule has 0 bridgehead atoms. The van der Waals surface area contributed by atoms with Gasteiger partial charge >= 0.3 is 11.9 Å². The predicted molar refractivity (Wildman–Crippen MR) is 172 cm³/mol. The largest absolute Gasteiger partial charge is 0.481 e. The lowest BCUT2D eigenvalue weighted by Crippen LogP contribution is -2.14. The number of carbonyl (C=O) groups is 2. The summed E-state index contributed by atoms with van der Waals surface area (Å²) in [4.78, 5) is 21.3. The fourth-order valence-corrected chi connectivity index (χ4v) is 5.96. The number of rotatable bonds is 32. The second-order valence-corrected chi connectivity index (χ2v) is 12.4. The number of allylic oxidation sites excluding steroid dienone is 2. The average Bonchev–Trinajstić information content (AvgIpc) is 2.92. The summed E-state index contributed by atoms with van der Waals surface area (Å²) in [5.41, 5.74) is 0. The van der Waals surface area contributed by atoms with E-state index in [1.807, 2.05) is 0 Å². The van der Waals surface area contributed by atoms with E-state index in [4.69, 9.17) is 10.2 Å². The minimum Gasteiger partial charge on any atom is -0.481 e. The summed E-state index contributed by atoms with van der Waals surface area (Å²) in [6, 6.07) is 0. The molecule has 0 saturated heterocycles. The molecule has 0 spiro atoms. The molecule has 4 nitrogen and oxygen atoms in total. The van der Waals surface area contributed by atoms with Crippen molar-refractivity contribution in [3.63, 3.8) is 0 Å². The van der Waals surface area contributed by atoms with Crippen LogP contribution in [-0.2, 0) is 9.59 Å². The first-order chi connectivity index (χ1) is 19.5. The van der Waals surface area contributed by atoms with Crippen molar-refractivity contribution in [3.8, 4) is 0 Å². The molecule has 0 saturated carbocycles. The van der Waals surface area contributed by atoms with Crippen molar-refractivity contribution in [2.45, 2.75) is 194 Å². The van der Waals surface area contributed by atoms with Crippen LogP contribution >= 0.6 is 0 Å². The second kappa shape index (κ2) is 30.6. The van der Waals surface area contributed by atoms with Crippen LogP contribution in [0.4, 0.5) is 0 Å². The molecule has 0 heterocycles. The Balaban J connectivity index is 4.60. The quantitative estimate of drug-likeness (QED) is 0.0629. The number of aliphatic carboxylic acids is 2. The van der Waals surface area contributed by atoms with Crippen LogP contribution in [0.25, 0.3) is 0 Å². The van der Waals surface area contributed by atoms with Gasteiger partial charge in [0.25, 0.3) is 0 Å². The first-order valence-electron chi connectivity index (χ1n) is 17.6. The summed E-state index contributed by atoms with van der Waals surface area (Å²) in [6.45, 7) is 4.59. The zero-order chi connectivity index (χ0) is 29.5. The van der Waals surface area contributed by atoms with Gasteiger partial charge in [-0.25, -0.2) is 0 Å². The highest BCUT2D eigenvalue weighted by molar-refractivity contribution is 5.66. The van der Waals surface area contributed by atoms with Gasteiger partial charge in [0.1, 0.15) is 0 Å². The lowest BCUT2D eigenvalue weighted by atomic mass is 9.80. The molecule has 40 heavy (non-hydrogen) atoms. The Bertz CT molecular complexity index is 585. The van der Waals surface area contributed by atoms with Crippen LogP contribution in [0.1, 0.15) is 194 Å². The molecule has 2 atom stereocenters. The standard InChI is InChI=1S/C36H68O4/c1-3-5-7-16-22-28-34(30-24-18-13-11-15-20-26-32-36(39)40)33(27-21-8-6-4-2)29-23-17-12-9-10-14-19-25-31-35(37)38/h22,28,33-34H,3-21,23-27,29-32H2,1-2H3,(H,37,38)(H,39,40). The van der Waals surface area contributed by atoms with Crippen LogP contribution < -0.4 is 0 Å². The highest BCUT2D eigenvalue weighted by Gasteiger charge is 2.18. The summed E-state index contributed by atoms with van der Waals surface area (Å²) >= 11 is 0. The van der Waals surface area contributed by atoms with E-state index < -0.39 is 11.9 Å². The van der Waals surface area contributed by atoms with Crippen molar-refractivity contribution in [2.75, 3.05) is 0 Å². The molecule has 0 aromatic heterocycles. The van der Waals surface area contributed by atoms with Gasteiger partial charge in [-0.1, -0.05) is 148 Å². The third-order valence-electron chi connectivity index (χ3n) is 8.54. The van der Waals surface area contributed by atoms with E-state index >= 15 is 0 Å². The van der Waals surface area contributed by atoms with E-state index in [0.717, 1.165) is 37.5 Å². The number of unbranched alkanes of at least 4 members (excludes halogenated alkanes) is 19. The first-order valence-corrected chi connectivity index (χ1v) is 17.6. The minimum absolute atomic E-state index is 0.320. The molecule has 2 N–H and O–H groups in total. The van der Waals surface area contributed by atoms with Crippen LogP contribution in [0.3, 0.4) is 0 Å². The van der Waals surface area contributed by atoms with E-state index in [1.165, 1.54) is 141 Å². The highest BCUT2D eigenvalue weighted by atomic mass is 16.4. The van der Waals surface area contributed by atoms with E-state index in [-0.39, 0.29) is 0 Å². The Morgan fingerprint density at radius 2 is 0.875 bits per heavy atom. The van der Waals surface area contributed by atoms with Crippen molar-refractivity contribution in [1.82, 2.24) is 0 Å². The van der Waals surface area contributed by atoms with Crippen LogP contribution in [-0.4, -0.2) is 22.2 Å². The summed E-state index contributed by atoms with van der Waals surface area (Å²) in [6.07, 6.45) is 38.3. The van der Waals surface area contributed by atoms with Gasteiger partial charge in [0, 0.05) is 12.8 Å². The number of carboxylic acid groups (broad SMARTS) is 2. The summed E-state index contributed by atoms with van der Waals surface area (Å²) < 4.78 is 0. The molecule has 236 valence electrons. The lowest BCUT2D eigenvalue weighted by Gasteiger charge is -2.25. The Hall–Kier alpha value is -1.32. The summed E-state index contributed by atoms with van der Waals surface area (Å²) in [7, 11) is 0. The van der Waals surface area contributed by atoms with Gasteiger partial charge in [0.2, 0.25) is 0 Å². The van der Waals surface area contributed by atoms with Crippen molar-refractivity contribution in [1.29, 1.82) is 0 Å². The zero-order valence-corrected chi connectivity index (χ0v) is 26.8. The normalized spacial score (nSPS) is 13.2. The van der Waals surface area contributed by atoms with Crippen molar-refractivity contribution >= 4 is 11.9 Å². The summed E-state index contributed by atoms with van der Waals surface area (Å²) in [5, 5.41) is 17.6. The van der Waals surface area contributed by atoms with Gasteiger partial charge in [-0.3, -0.25) is 9.59 Å². The second-order valence-electron chi connectivity index (χ2n) is 12.4. The Labute approximate surface area is 249 Å². The Kier molecular flexibility index (Phi) is 29.6. The lowest BCUT2D eigenvalue weighted by molar-refractivity contribution is -0.138. The number of hydrogen-bond donors (Lipinski definition) is 2. The SMILES string of the molecule is CCCCCC=CC(CCCCCCCCCC(=O)O)C(CCCCCC)CCCCCCCCCCC(=O)O. The maximum atomic E-state index is 10.7. The van der Waals surface area contributed by atoms with Gasteiger partial charge in [-0.15, -0.1) is 0 Å². The Morgan fingerprint density at radius 1 is 0.500 bits per heavy atom. The van der Waals surface area contributed by atoms with Crippen LogP contribution in [0.15, 0.2) is 12.2 Å². The molecule has 0 aliphatic carbocycles. The monoisotopic (exact) mass is 565 g/mol. The minimum atomic E-state index is -0.664. The molecular weight excluding hydrogens is 496 g/mol. The molecule has 0 radical (unpaired) electrons. The number of hydrogen-bond acceptors (Lipinski definition) is 2. The van der Waals surface area contributed by atoms with Gasteiger partial charge < -0.3 is 10.2 Å². The molecule has 0 aliphatic rings. The smallest absolute Gasteiger partial charge is 0.303 e. The average molecular weight is 565 g/mol. The molecule has 0 fully saturated rings. The zero-order valence-electron chi connectivity index (χ0n) is 26.8. The Morgan fingerprint density at radius 3 is 1.32 bits per heavy atom. The molecule has 0 rings (SSSR count). The van der Waals surface area contributed by atoms with Crippen LogP contribution in [0.2, 0.25) is 0 Å². The third kappa shape index (κ3) is 28.2. The topological polar surface area (TPSA) is 74.6 Å². The van der Waals surface area contributed by atoms with Crippen LogP contribution in [0.5, 0.6) is 0 Å². The molecule has 0 amide bonds.